The summed E-state index contributed by atoms with van der Waals surface area (Å²) < 4.78 is 29.2. The molecule has 188 valence electrons. The smallest absolute Gasteiger partial charge is 0.497 e. The Bertz CT molecular complexity index is 1010. The standard InChI is InChI=1S/C28H34O7/c1-31-21-13-8-14-22(17-21)32-23-15-16-25-24(18-23)28(19-9-4-2-5-10-19,20-11-6-3-7-12-20)35-27(33-25)34-26(29)30/h8,13-20,27H,2-7,9-12H2,1H3,(H,29,30). The maximum Gasteiger partial charge on any atom is 0.510 e. The summed E-state index contributed by atoms with van der Waals surface area (Å²) in [5, 5.41) is 9.34. The van der Waals surface area contributed by atoms with Gasteiger partial charge in [-0.15, -0.1) is 0 Å². The third-order valence-corrected chi connectivity index (χ3v) is 7.78. The van der Waals surface area contributed by atoms with Crippen molar-refractivity contribution in [2.75, 3.05) is 7.11 Å². The van der Waals surface area contributed by atoms with Crippen LogP contribution in [-0.4, -0.2) is 24.8 Å². The molecule has 1 unspecified atom stereocenters. The van der Waals surface area contributed by atoms with Gasteiger partial charge in [0.1, 0.15) is 28.6 Å². The molecule has 2 aliphatic carbocycles. The molecule has 0 amide bonds. The van der Waals surface area contributed by atoms with Gasteiger partial charge in [-0.1, -0.05) is 44.6 Å². The van der Waals surface area contributed by atoms with Gasteiger partial charge in [0, 0.05) is 11.6 Å². The number of ether oxygens (including phenoxy) is 5. The Kier molecular flexibility index (Phi) is 7.04. The number of benzene rings is 2. The van der Waals surface area contributed by atoms with Crippen molar-refractivity contribution in [3.8, 4) is 23.0 Å². The van der Waals surface area contributed by atoms with Crippen LogP contribution in [0.15, 0.2) is 42.5 Å². The molecular weight excluding hydrogens is 448 g/mol. The molecule has 2 saturated carbocycles. The van der Waals surface area contributed by atoms with E-state index >= 15 is 0 Å². The number of fused-ring (bicyclic) bond motifs is 1. The highest BCUT2D eigenvalue weighted by molar-refractivity contribution is 5.57. The highest BCUT2D eigenvalue weighted by Crippen LogP contribution is 2.56. The average molecular weight is 483 g/mol. The van der Waals surface area contributed by atoms with Crippen LogP contribution < -0.4 is 14.2 Å². The Labute approximate surface area is 206 Å². The van der Waals surface area contributed by atoms with Crippen molar-refractivity contribution in [3.05, 3.63) is 48.0 Å². The van der Waals surface area contributed by atoms with Gasteiger partial charge in [0.25, 0.3) is 0 Å². The van der Waals surface area contributed by atoms with E-state index < -0.39 is 18.2 Å². The zero-order valence-corrected chi connectivity index (χ0v) is 20.2. The van der Waals surface area contributed by atoms with Crippen LogP contribution in [0.1, 0.15) is 69.8 Å². The van der Waals surface area contributed by atoms with E-state index in [-0.39, 0.29) is 11.8 Å². The maximum absolute atomic E-state index is 11.4. The molecule has 1 N–H and O–H groups in total. The van der Waals surface area contributed by atoms with Crippen molar-refractivity contribution in [2.24, 2.45) is 11.8 Å². The van der Waals surface area contributed by atoms with E-state index in [1.54, 1.807) is 7.11 Å². The van der Waals surface area contributed by atoms with E-state index in [0.29, 0.717) is 17.2 Å². The van der Waals surface area contributed by atoms with Crippen molar-refractivity contribution in [1.29, 1.82) is 0 Å². The number of hydrogen-bond acceptors (Lipinski definition) is 6. The molecule has 1 atom stereocenters. The Balaban J connectivity index is 1.58. The van der Waals surface area contributed by atoms with Crippen LogP contribution in [0, 0.1) is 11.8 Å². The van der Waals surface area contributed by atoms with Gasteiger partial charge in [-0.2, -0.15) is 0 Å². The molecule has 0 radical (unpaired) electrons. The molecule has 0 aromatic heterocycles. The summed E-state index contributed by atoms with van der Waals surface area (Å²) in [6.45, 7) is -1.28. The molecule has 3 aliphatic rings. The summed E-state index contributed by atoms with van der Waals surface area (Å²) in [7, 11) is 1.63. The Morgan fingerprint density at radius 3 is 2.14 bits per heavy atom. The predicted molar refractivity (Wildman–Crippen MR) is 129 cm³/mol. The van der Waals surface area contributed by atoms with Crippen LogP contribution in [-0.2, 0) is 15.1 Å². The number of carbonyl (C=O) groups is 1. The van der Waals surface area contributed by atoms with Gasteiger partial charge in [-0.05, 0) is 67.9 Å². The molecule has 7 heteroatoms. The molecule has 2 aromatic rings. The summed E-state index contributed by atoms with van der Waals surface area (Å²) in [6, 6.07) is 13.2. The summed E-state index contributed by atoms with van der Waals surface area (Å²) in [5.74, 6) is 3.20. The van der Waals surface area contributed by atoms with Crippen molar-refractivity contribution in [1.82, 2.24) is 0 Å². The molecule has 0 bridgehead atoms. The van der Waals surface area contributed by atoms with E-state index in [0.717, 1.165) is 62.7 Å². The van der Waals surface area contributed by atoms with Crippen LogP contribution in [0.5, 0.6) is 23.0 Å². The molecule has 35 heavy (non-hydrogen) atoms. The predicted octanol–water partition coefficient (Wildman–Crippen LogP) is 7.23. The third-order valence-electron chi connectivity index (χ3n) is 7.78. The van der Waals surface area contributed by atoms with E-state index in [2.05, 4.69) is 0 Å². The van der Waals surface area contributed by atoms with Gasteiger partial charge < -0.3 is 24.1 Å². The van der Waals surface area contributed by atoms with Gasteiger partial charge in [-0.3, -0.25) is 4.74 Å². The zero-order chi connectivity index (χ0) is 24.3. The monoisotopic (exact) mass is 482 g/mol. The van der Waals surface area contributed by atoms with Crippen molar-refractivity contribution in [3.63, 3.8) is 0 Å². The van der Waals surface area contributed by atoms with E-state index in [9.17, 15) is 9.90 Å². The maximum atomic E-state index is 11.4. The Morgan fingerprint density at radius 1 is 0.886 bits per heavy atom. The fourth-order valence-corrected chi connectivity index (χ4v) is 6.29. The van der Waals surface area contributed by atoms with E-state index in [4.69, 9.17) is 23.7 Å². The molecule has 5 rings (SSSR count). The van der Waals surface area contributed by atoms with Gasteiger partial charge in [0.05, 0.1) is 7.11 Å². The van der Waals surface area contributed by atoms with E-state index in [1.165, 1.54) is 12.8 Å². The number of methoxy groups -OCH3 is 1. The molecular formula is C28H34O7. The molecule has 2 fully saturated rings. The van der Waals surface area contributed by atoms with E-state index in [1.807, 2.05) is 42.5 Å². The summed E-state index contributed by atoms with van der Waals surface area (Å²) in [5.41, 5.74) is 0.268. The summed E-state index contributed by atoms with van der Waals surface area (Å²) in [6.07, 6.45) is 9.75. The number of hydrogen-bond donors (Lipinski definition) is 1. The number of carboxylic acid groups (broad SMARTS) is 1. The first-order chi connectivity index (χ1) is 17.1. The van der Waals surface area contributed by atoms with Crippen molar-refractivity contribution < 1.29 is 33.6 Å². The van der Waals surface area contributed by atoms with Crippen LogP contribution >= 0.6 is 0 Å². The van der Waals surface area contributed by atoms with Crippen LogP contribution in [0.2, 0.25) is 0 Å². The second-order valence-corrected chi connectivity index (χ2v) is 9.81. The minimum Gasteiger partial charge on any atom is -0.497 e. The van der Waals surface area contributed by atoms with Crippen molar-refractivity contribution in [2.45, 2.75) is 76.3 Å². The molecule has 7 nitrogen and oxygen atoms in total. The van der Waals surface area contributed by atoms with Crippen LogP contribution in [0.4, 0.5) is 4.79 Å². The fraction of sp³-hybridized carbons (Fsp3) is 0.536. The Hall–Kier alpha value is -2.93. The lowest BCUT2D eigenvalue weighted by atomic mass is 9.63. The summed E-state index contributed by atoms with van der Waals surface area (Å²) in [4.78, 5) is 11.4. The zero-order valence-electron chi connectivity index (χ0n) is 20.2. The van der Waals surface area contributed by atoms with Gasteiger partial charge in [0.15, 0.2) is 0 Å². The normalized spacial score (nSPS) is 22.5. The third kappa shape index (κ3) is 4.92. The quantitative estimate of drug-likeness (QED) is 0.435. The average Bonchev–Trinajstić information content (AvgIpc) is 2.89. The first kappa shape index (κ1) is 23.8. The highest BCUT2D eigenvalue weighted by Gasteiger charge is 2.54. The minimum absolute atomic E-state index is 0.258. The highest BCUT2D eigenvalue weighted by atomic mass is 16.9. The summed E-state index contributed by atoms with van der Waals surface area (Å²) >= 11 is 0. The lowest BCUT2D eigenvalue weighted by Gasteiger charge is -2.52. The lowest BCUT2D eigenvalue weighted by Crippen LogP contribution is -2.53. The minimum atomic E-state index is -1.40. The molecule has 0 saturated heterocycles. The van der Waals surface area contributed by atoms with Crippen LogP contribution in [0.25, 0.3) is 0 Å². The van der Waals surface area contributed by atoms with Gasteiger partial charge in [-0.25, -0.2) is 4.79 Å². The first-order valence-electron chi connectivity index (χ1n) is 12.8. The first-order valence-corrected chi connectivity index (χ1v) is 12.8. The number of rotatable bonds is 6. The topological polar surface area (TPSA) is 83.5 Å². The lowest BCUT2D eigenvalue weighted by molar-refractivity contribution is -0.324. The molecule has 1 aliphatic heterocycles. The van der Waals surface area contributed by atoms with Gasteiger partial charge >= 0.3 is 12.6 Å². The SMILES string of the molecule is COc1cccc(Oc2ccc3c(c2)C(C2CCCCC2)(C2CCCCC2)OC(OC(=O)O)O3)c1. The van der Waals surface area contributed by atoms with Crippen LogP contribution in [0.3, 0.4) is 0 Å². The largest absolute Gasteiger partial charge is 0.510 e. The fourth-order valence-electron chi connectivity index (χ4n) is 6.29. The molecule has 0 spiro atoms. The second kappa shape index (κ2) is 10.4. The second-order valence-electron chi connectivity index (χ2n) is 9.81. The molecule has 2 aromatic carbocycles. The van der Waals surface area contributed by atoms with Gasteiger partial charge in [0.2, 0.25) is 0 Å². The molecule has 1 heterocycles. The Morgan fingerprint density at radius 2 is 1.51 bits per heavy atom. The van der Waals surface area contributed by atoms with Crippen molar-refractivity contribution >= 4 is 6.16 Å².